The molecule has 1 heterocycles. The van der Waals surface area contributed by atoms with Crippen LogP contribution in [0.2, 0.25) is 5.02 Å². The van der Waals surface area contributed by atoms with Crippen molar-refractivity contribution in [3.8, 4) is 16.9 Å². The van der Waals surface area contributed by atoms with Crippen molar-refractivity contribution in [2.45, 2.75) is 10.8 Å². The molecule has 0 saturated heterocycles. The first-order valence-corrected chi connectivity index (χ1v) is 11.5. The van der Waals surface area contributed by atoms with Gasteiger partial charge in [-0.25, -0.2) is 18.2 Å². The molecule has 1 aromatic heterocycles. The van der Waals surface area contributed by atoms with E-state index in [9.17, 15) is 13.2 Å². The number of nitrogens with two attached hydrogens (primary N) is 2. The molecule has 0 spiro atoms. The standard InChI is InChI=1S/C23H19ClN4O3S/c24-17-8-6-15(7-9-17)20-14-21(22(23(25)29)16-4-2-1-3-5-16)28(27-20)18-10-12-19(13-11-18)32(26,30)31/h1-14,22H,(H2,25,29)(H2,26,30,31). The molecule has 0 saturated carbocycles. The Morgan fingerprint density at radius 1 is 0.938 bits per heavy atom. The van der Waals surface area contributed by atoms with Crippen LogP contribution in [0.1, 0.15) is 17.2 Å². The second-order valence-corrected chi connectivity index (χ2v) is 9.16. The van der Waals surface area contributed by atoms with Crippen molar-refractivity contribution < 1.29 is 13.2 Å². The summed E-state index contributed by atoms with van der Waals surface area (Å²) in [5.74, 6) is -1.32. The fourth-order valence-electron chi connectivity index (χ4n) is 3.47. The molecule has 7 nitrogen and oxygen atoms in total. The summed E-state index contributed by atoms with van der Waals surface area (Å²) in [5.41, 5.74) is 9.01. The maximum absolute atomic E-state index is 12.5. The minimum atomic E-state index is -3.84. The Bertz CT molecular complexity index is 1370. The molecule has 0 aliphatic heterocycles. The van der Waals surface area contributed by atoms with Crippen LogP contribution in [0.25, 0.3) is 16.9 Å². The Kier molecular flexibility index (Phi) is 5.84. The van der Waals surface area contributed by atoms with Gasteiger partial charge in [-0.3, -0.25) is 4.79 Å². The number of rotatable bonds is 6. The molecule has 0 fully saturated rings. The van der Waals surface area contributed by atoms with Gasteiger partial charge in [0, 0.05) is 10.6 Å². The molecular weight excluding hydrogens is 448 g/mol. The summed E-state index contributed by atoms with van der Waals surface area (Å²) < 4.78 is 24.8. The highest BCUT2D eigenvalue weighted by Crippen LogP contribution is 2.31. The van der Waals surface area contributed by atoms with Gasteiger partial charge in [0.1, 0.15) is 5.92 Å². The molecule has 0 bridgehead atoms. The first kappa shape index (κ1) is 21.8. The molecular formula is C23H19ClN4O3S. The summed E-state index contributed by atoms with van der Waals surface area (Å²) in [7, 11) is -3.84. The fourth-order valence-corrected chi connectivity index (χ4v) is 4.11. The lowest BCUT2D eigenvalue weighted by Crippen LogP contribution is -2.24. The quantitative estimate of drug-likeness (QED) is 0.452. The van der Waals surface area contributed by atoms with Gasteiger partial charge in [0.25, 0.3) is 0 Å². The number of primary amides is 1. The lowest BCUT2D eigenvalue weighted by molar-refractivity contribution is -0.118. The summed E-state index contributed by atoms with van der Waals surface area (Å²) in [5, 5.41) is 10.5. The van der Waals surface area contributed by atoms with Crippen molar-refractivity contribution in [2.24, 2.45) is 10.9 Å². The van der Waals surface area contributed by atoms with Gasteiger partial charge in [0.05, 0.1) is 22.0 Å². The van der Waals surface area contributed by atoms with E-state index >= 15 is 0 Å². The van der Waals surface area contributed by atoms with Crippen LogP contribution >= 0.6 is 11.6 Å². The van der Waals surface area contributed by atoms with Crippen molar-refractivity contribution in [3.05, 3.63) is 101 Å². The van der Waals surface area contributed by atoms with Gasteiger partial charge in [-0.1, -0.05) is 54.1 Å². The predicted octanol–water partition coefficient (Wildman–Crippen LogP) is 3.46. The predicted molar refractivity (Wildman–Crippen MR) is 123 cm³/mol. The number of carbonyl (C=O) groups is 1. The normalized spacial score (nSPS) is 12.4. The van der Waals surface area contributed by atoms with E-state index < -0.39 is 21.8 Å². The largest absolute Gasteiger partial charge is 0.369 e. The van der Waals surface area contributed by atoms with Gasteiger partial charge in [0.15, 0.2) is 0 Å². The van der Waals surface area contributed by atoms with Crippen molar-refractivity contribution >= 4 is 27.5 Å². The van der Waals surface area contributed by atoms with Crippen LogP contribution in [0.15, 0.2) is 89.8 Å². The van der Waals surface area contributed by atoms with Crippen LogP contribution < -0.4 is 10.9 Å². The lowest BCUT2D eigenvalue weighted by atomic mass is 9.94. The van der Waals surface area contributed by atoms with Crippen molar-refractivity contribution in [2.75, 3.05) is 0 Å². The van der Waals surface area contributed by atoms with Crippen molar-refractivity contribution in [1.29, 1.82) is 0 Å². The Labute approximate surface area is 190 Å². The number of hydrogen-bond acceptors (Lipinski definition) is 4. The van der Waals surface area contributed by atoms with Crippen LogP contribution in [-0.4, -0.2) is 24.1 Å². The van der Waals surface area contributed by atoms with Gasteiger partial charge >= 0.3 is 0 Å². The van der Waals surface area contributed by atoms with Crippen LogP contribution in [0.5, 0.6) is 0 Å². The summed E-state index contributed by atoms with van der Waals surface area (Å²) in [6.07, 6.45) is 0. The van der Waals surface area contributed by atoms with E-state index in [4.69, 9.17) is 22.5 Å². The first-order chi connectivity index (χ1) is 15.2. The van der Waals surface area contributed by atoms with E-state index in [-0.39, 0.29) is 4.90 Å². The molecule has 4 rings (SSSR count). The molecule has 1 atom stereocenters. The molecule has 32 heavy (non-hydrogen) atoms. The number of primary sulfonamides is 1. The van der Waals surface area contributed by atoms with Crippen LogP contribution in [0.4, 0.5) is 0 Å². The number of hydrogen-bond donors (Lipinski definition) is 2. The van der Waals surface area contributed by atoms with Crippen LogP contribution in [0.3, 0.4) is 0 Å². The number of amides is 1. The third kappa shape index (κ3) is 4.43. The minimum Gasteiger partial charge on any atom is -0.369 e. The molecule has 9 heteroatoms. The lowest BCUT2D eigenvalue weighted by Gasteiger charge is -2.16. The van der Waals surface area contributed by atoms with Gasteiger partial charge in [0.2, 0.25) is 15.9 Å². The third-order valence-electron chi connectivity index (χ3n) is 5.00. The Morgan fingerprint density at radius 3 is 2.12 bits per heavy atom. The molecule has 0 radical (unpaired) electrons. The van der Waals surface area contributed by atoms with E-state index in [0.29, 0.717) is 27.7 Å². The summed E-state index contributed by atoms with van der Waals surface area (Å²) >= 11 is 6.01. The molecule has 1 unspecified atom stereocenters. The van der Waals surface area contributed by atoms with Crippen LogP contribution in [0, 0.1) is 0 Å². The molecule has 0 aliphatic rings. The third-order valence-corrected chi connectivity index (χ3v) is 6.18. The zero-order valence-corrected chi connectivity index (χ0v) is 18.3. The second-order valence-electron chi connectivity index (χ2n) is 7.16. The fraction of sp³-hybridized carbons (Fsp3) is 0.0435. The highest BCUT2D eigenvalue weighted by Gasteiger charge is 2.26. The van der Waals surface area contributed by atoms with Crippen molar-refractivity contribution in [3.63, 3.8) is 0 Å². The monoisotopic (exact) mass is 466 g/mol. The SMILES string of the molecule is NC(=O)C(c1ccccc1)c1cc(-c2ccc(Cl)cc2)nn1-c1ccc(S(N)(=O)=O)cc1. The maximum Gasteiger partial charge on any atom is 0.238 e. The zero-order valence-electron chi connectivity index (χ0n) is 16.7. The first-order valence-electron chi connectivity index (χ1n) is 9.57. The smallest absolute Gasteiger partial charge is 0.238 e. The Morgan fingerprint density at radius 2 is 1.56 bits per heavy atom. The number of nitrogens with zero attached hydrogens (tertiary/aromatic N) is 2. The van der Waals surface area contributed by atoms with Crippen molar-refractivity contribution in [1.82, 2.24) is 9.78 Å². The summed E-state index contributed by atoms with van der Waals surface area (Å²) in [4.78, 5) is 12.5. The van der Waals surface area contributed by atoms with E-state index in [1.54, 1.807) is 35.0 Å². The molecule has 3 aromatic carbocycles. The number of carbonyl (C=O) groups excluding carboxylic acids is 1. The number of halogens is 1. The van der Waals surface area contributed by atoms with E-state index in [2.05, 4.69) is 5.10 Å². The Hall–Kier alpha value is -3.46. The minimum absolute atomic E-state index is 0.0256. The average Bonchev–Trinajstić information content (AvgIpc) is 3.19. The van der Waals surface area contributed by atoms with Gasteiger partial charge in [-0.15, -0.1) is 0 Å². The number of benzene rings is 3. The molecule has 162 valence electrons. The zero-order chi connectivity index (χ0) is 22.9. The molecule has 1 amide bonds. The summed E-state index contributed by atoms with van der Waals surface area (Å²) in [6, 6.07) is 24.0. The second kappa shape index (κ2) is 8.58. The van der Waals surface area contributed by atoms with E-state index in [1.807, 2.05) is 42.5 Å². The number of aromatic nitrogens is 2. The van der Waals surface area contributed by atoms with Crippen LogP contribution in [-0.2, 0) is 14.8 Å². The molecule has 0 aliphatic carbocycles. The van der Waals surface area contributed by atoms with E-state index in [1.165, 1.54) is 12.1 Å². The topological polar surface area (TPSA) is 121 Å². The molecule has 4 N–H and O–H groups in total. The van der Waals surface area contributed by atoms with E-state index in [0.717, 1.165) is 5.56 Å². The van der Waals surface area contributed by atoms with Gasteiger partial charge < -0.3 is 5.73 Å². The van der Waals surface area contributed by atoms with Gasteiger partial charge in [-0.05, 0) is 48.0 Å². The Balaban J connectivity index is 1.91. The maximum atomic E-state index is 12.5. The molecule has 4 aromatic rings. The number of sulfonamides is 1. The highest BCUT2D eigenvalue weighted by molar-refractivity contribution is 7.89. The highest BCUT2D eigenvalue weighted by atomic mass is 35.5. The summed E-state index contributed by atoms with van der Waals surface area (Å²) in [6.45, 7) is 0. The average molecular weight is 467 g/mol. The van der Waals surface area contributed by atoms with Gasteiger partial charge in [-0.2, -0.15) is 5.10 Å².